The SMILES string of the molecule is Nc1cc(F)cc(F)c1NS(=O)(=O)CC1CCCCC1. The number of halogens is 2. The van der Waals surface area contributed by atoms with E-state index < -0.39 is 21.7 Å². The molecule has 1 saturated carbocycles. The normalized spacial score (nSPS) is 17.1. The molecular formula is C13H18F2N2O2S. The lowest BCUT2D eigenvalue weighted by molar-refractivity contribution is 0.385. The molecule has 0 heterocycles. The predicted octanol–water partition coefficient (Wildman–Crippen LogP) is 2.87. The largest absolute Gasteiger partial charge is 0.397 e. The van der Waals surface area contributed by atoms with Gasteiger partial charge in [-0.25, -0.2) is 17.2 Å². The van der Waals surface area contributed by atoms with Gasteiger partial charge in [-0.3, -0.25) is 4.72 Å². The molecule has 1 aromatic rings. The molecule has 0 amide bonds. The summed E-state index contributed by atoms with van der Waals surface area (Å²) in [6.07, 6.45) is 4.90. The average Bonchev–Trinajstić information content (AvgIpc) is 2.34. The molecule has 0 aromatic heterocycles. The minimum atomic E-state index is -3.68. The second-order valence-corrected chi connectivity index (χ2v) is 7.01. The van der Waals surface area contributed by atoms with Crippen molar-refractivity contribution in [1.29, 1.82) is 0 Å². The molecule has 4 nitrogen and oxygen atoms in total. The second kappa shape index (κ2) is 5.95. The summed E-state index contributed by atoms with van der Waals surface area (Å²) in [4.78, 5) is 0. The van der Waals surface area contributed by atoms with Crippen molar-refractivity contribution < 1.29 is 17.2 Å². The Morgan fingerprint density at radius 3 is 2.45 bits per heavy atom. The zero-order chi connectivity index (χ0) is 14.8. The van der Waals surface area contributed by atoms with Gasteiger partial charge in [0.25, 0.3) is 0 Å². The highest BCUT2D eigenvalue weighted by molar-refractivity contribution is 7.92. The van der Waals surface area contributed by atoms with Crippen LogP contribution in [0.1, 0.15) is 32.1 Å². The summed E-state index contributed by atoms with van der Waals surface area (Å²) < 4.78 is 52.7. The third kappa shape index (κ3) is 3.82. The minimum absolute atomic E-state index is 0.0523. The van der Waals surface area contributed by atoms with E-state index in [2.05, 4.69) is 4.72 Å². The maximum absolute atomic E-state index is 13.6. The molecule has 0 aliphatic heterocycles. The van der Waals surface area contributed by atoms with Crippen molar-refractivity contribution in [2.75, 3.05) is 16.2 Å². The standard InChI is InChI=1S/C13H18F2N2O2S/c14-10-6-11(15)13(12(16)7-10)17-20(18,19)8-9-4-2-1-3-5-9/h6-7,9,17H,1-5,8,16H2. The lowest BCUT2D eigenvalue weighted by atomic mass is 9.91. The van der Waals surface area contributed by atoms with Crippen LogP contribution in [0.25, 0.3) is 0 Å². The molecule has 0 spiro atoms. The van der Waals surface area contributed by atoms with E-state index in [-0.39, 0.29) is 23.0 Å². The predicted molar refractivity (Wildman–Crippen MR) is 74.8 cm³/mol. The summed E-state index contributed by atoms with van der Waals surface area (Å²) in [6.45, 7) is 0. The van der Waals surface area contributed by atoms with Crippen molar-refractivity contribution in [2.45, 2.75) is 32.1 Å². The van der Waals surface area contributed by atoms with Crippen molar-refractivity contribution in [3.63, 3.8) is 0 Å². The molecule has 2 rings (SSSR count). The number of hydrogen-bond acceptors (Lipinski definition) is 3. The fourth-order valence-corrected chi connectivity index (χ4v) is 4.13. The molecule has 0 bridgehead atoms. The maximum Gasteiger partial charge on any atom is 0.233 e. The Bertz CT molecular complexity index is 561. The number of sulfonamides is 1. The minimum Gasteiger partial charge on any atom is -0.397 e. The van der Waals surface area contributed by atoms with Gasteiger partial charge >= 0.3 is 0 Å². The number of hydrogen-bond donors (Lipinski definition) is 2. The number of nitrogens with two attached hydrogens (primary N) is 1. The number of nitrogens with one attached hydrogen (secondary N) is 1. The van der Waals surface area contributed by atoms with Crippen LogP contribution in [0.5, 0.6) is 0 Å². The van der Waals surface area contributed by atoms with Gasteiger partial charge in [-0.05, 0) is 24.8 Å². The van der Waals surface area contributed by atoms with Gasteiger partial charge in [0.05, 0.1) is 11.4 Å². The van der Waals surface area contributed by atoms with E-state index in [1.54, 1.807) is 0 Å². The molecule has 20 heavy (non-hydrogen) atoms. The summed E-state index contributed by atoms with van der Waals surface area (Å²) in [7, 11) is -3.68. The van der Waals surface area contributed by atoms with Gasteiger partial charge in [-0.2, -0.15) is 0 Å². The first-order chi connectivity index (χ1) is 9.37. The smallest absolute Gasteiger partial charge is 0.233 e. The van der Waals surface area contributed by atoms with E-state index in [9.17, 15) is 17.2 Å². The lowest BCUT2D eigenvalue weighted by Gasteiger charge is -2.22. The van der Waals surface area contributed by atoms with Crippen LogP contribution in [0.3, 0.4) is 0 Å². The monoisotopic (exact) mass is 304 g/mol. The van der Waals surface area contributed by atoms with Crippen LogP contribution in [0.4, 0.5) is 20.2 Å². The maximum atomic E-state index is 13.6. The Kier molecular flexibility index (Phi) is 4.47. The first-order valence-corrected chi connectivity index (χ1v) is 8.27. The van der Waals surface area contributed by atoms with E-state index in [1.807, 2.05) is 0 Å². The summed E-state index contributed by atoms with van der Waals surface area (Å²) >= 11 is 0. The quantitative estimate of drug-likeness (QED) is 0.840. The Balaban J connectivity index is 2.11. The van der Waals surface area contributed by atoms with Crippen molar-refractivity contribution >= 4 is 21.4 Å². The van der Waals surface area contributed by atoms with Crippen molar-refractivity contribution in [1.82, 2.24) is 0 Å². The van der Waals surface area contributed by atoms with Gasteiger partial charge in [0.1, 0.15) is 11.5 Å². The molecule has 112 valence electrons. The van der Waals surface area contributed by atoms with E-state index in [0.717, 1.165) is 38.2 Å². The highest BCUT2D eigenvalue weighted by Gasteiger charge is 2.23. The molecule has 1 aliphatic carbocycles. The van der Waals surface area contributed by atoms with E-state index in [1.165, 1.54) is 0 Å². The van der Waals surface area contributed by atoms with Gasteiger partial charge in [0.15, 0.2) is 5.82 Å². The van der Waals surface area contributed by atoms with Crippen LogP contribution in [0, 0.1) is 17.6 Å². The molecule has 3 N–H and O–H groups in total. The highest BCUT2D eigenvalue weighted by Crippen LogP contribution is 2.28. The number of rotatable bonds is 4. The molecule has 0 atom stereocenters. The van der Waals surface area contributed by atoms with Crippen LogP contribution >= 0.6 is 0 Å². The second-order valence-electron chi connectivity index (χ2n) is 5.24. The van der Waals surface area contributed by atoms with E-state index in [4.69, 9.17) is 5.73 Å². The van der Waals surface area contributed by atoms with Crippen LogP contribution in [-0.2, 0) is 10.0 Å². The fraction of sp³-hybridized carbons (Fsp3) is 0.538. The van der Waals surface area contributed by atoms with Crippen LogP contribution < -0.4 is 10.5 Å². The molecule has 1 aromatic carbocycles. The Hall–Kier alpha value is -1.37. The molecule has 0 radical (unpaired) electrons. The first-order valence-electron chi connectivity index (χ1n) is 6.62. The summed E-state index contributed by atoms with van der Waals surface area (Å²) in [5.74, 6) is -1.81. The van der Waals surface area contributed by atoms with Crippen molar-refractivity contribution in [3.05, 3.63) is 23.8 Å². The van der Waals surface area contributed by atoms with E-state index in [0.29, 0.717) is 6.07 Å². The van der Waals surface area contributed by atoms with Crippen molar-refractivity contribution in [3.8, 4) is 0 Å². The van der Waals surface area contributed by atoms with Crippen LogP contribution in [0.15, 0.2) is 12.1 Å². The zero-order valence-corrected chi connectivity index (χ0v) is 11.8. The van der Waals surface area contributed by atoms with Gasteiger partial charge in [0, 0.05) is 6.07 Å². The molecule has 7 heteroatoms. The molecule has 1 aliphatic rings. The third-order valence-electron chi connectivity index (χ3n) is 3.52. The van der Waals surface area contributed by atoms with Crippen LogP contribution in [0.2, 0.25) is 0 Å². The molecule has 1 fully saturated rings. The third-order valence-corrected chi connectivity index (χ3v) is 4.95. The summed E-state index contributed by atoms with van der Waals surface area (Å²) in [5.41, 5.74) is 4.83. The highest BCUT2D eigenvalue weighted by atomic mass is 32.2. The topological polar surface area (TPSA) is 72.2 Å². The lowest BCUT2D eigenvalue weighted by Crippen LogP contribution is -2.25. The summed E-state index contributed by atoms with van der Waals surface area (Å²) in [5, 5.41) is 0. The summed E-state index contributed by atoms with van der Waals surface area (Å²) in [6, 6.07) is 1.50. The number of nitrogen functional groups attached to an aromatic ring is 1. The molecule has 0 saturated heterocycles. The molecular weight excluding hydrogens is 286 g/mol. The number of benzene rings is 1. The molecule has 0 unspecified atom stereocenters. The first kappa shape index (κ1) is 15.0. The van der Waals surface area contributed by atoms with Gasteiger partial charge in [-0.15, -0.1) is 0 Å². The zero-order valence-electron chi connectivity index (χ0n) is 11.0. The van der Waals surface area contributed by atoms with Crippen molar-refractivity contribution in [2.24, 2.45) is 5.92 Å². The Morgan fingerprint density at radius 1 is 1.20 bits per heavy atom. The Labute approximate surface area is 117 Å². The number of anilines is 2. The van der Waals surface area contributed by atoms with E-state index >= 15 is 0 Å². The average molecular weight is 304 g/mol. The van der Waals surface area contributed by atoms with Gasteiger partial charge in [-0.1, -0.05) is 19.3 Å². The van der Waals surface area contributed by atoms with Gasteiger partial charge < -0.3 is 5.73 Å². The van der Waals surface area contributed by atoms with Crippen LogP contribution in [-0.4, -0.2) is 14.2 Å². The Morgan fingerprint density at radius 2 is 1.85 bits per heavy atom. The fourth-order valence-electron chi connectivity index (χ4n) is 2.56. The van der Waals surface area contributed by atoms with Gasteiger partial charge in [0.2, 0.25) is 10.0 Å².